The molecule has 2 rings (SSSR count). The minimum absolute atomic E-state index is 0.289. The summed E-state index contributed by atoms with van der Waals surface area (Å²) in [5.41, 5.74) is 0.289. The molecular weight excluding hydrogens is 234 g/mol. The average molecular weight is 246 g/mol. The quantitative estimate of drug-likeness (QED) is 0.890. The van der Waals surface area contributed by atoms with Crippen molar-refractivity contribution in [2.75, 3.05) is 11.5 Å². The number of carboxylic acid groups (broad SMARTS) is 1. The van der Waals surface area contributed by atoms with Crippen LogP contribution in [0, 0.1) is 5.92 Å². The van der Waals surface area contributed by atoms with Crippen LogP contribution in [-0.4, -0.2) is 27.1 Å². The van der Waals surface area contributed by atoms with Gasteiger partial charge in [-0.3, -0.25) is 0 Å². The molecule has 1 fully saturated rings. The van der Waals surface area contributed by atoms with Gasteiger partial charge in [-0.2, -0.15) is 11.8 Å². The molecule has 0 aliphatic carbocycles. The topological polar surface area (TPSA) is 42.2 Å². The first kappa shape index (κ1) is 10.9. The maximum Gasteiger partial charge on any atom is 0.352 e. The Hall–Kier alpha value is -0.610. The predicted molar refractivity (Wildman–Crippen MR) is 61.8 cm³/mol. The Labute approximate surface area is 97.4 Å². The standard InChI is InChI=1S/C10H12ClNO2S/c11-8-3-9(10(13)14)12(5-8)4-7-1-2-15-6-7/h3,5,7H,1-2,4,6H2,(H,13,14). The molecule has 3 nitrogen and oxygen atoms in total. The predicted octanol–water partition coefficient (Wildman–Crippen LogP) is 2.59. The van der Waals surface area contributed by atoms with Crippen LogP contribution in [0.1, 0.15) is 16.9 Å². The van der Waals surface area contributed by atoms with Gasteiger partial charge in [0, 0.05) is 12.7 Å². The van der Waals surface area contributed by atoms with Crippen LogP contribution in [0.2, 0.25) is 5.02 Å². The van der Waals surface area contributed by atoms with Crippen molar-refractivity contribution in [2.45, 2.75) is 13.0 Å². The Bertz CT molecular complexity index is 371. The van der Waals surface area contributed by atoms with Gasteiger partial charge in [0.15, 0.2) is 0 Å². The van der Waals surface area contributed by atoms with Crippen molar-refractivity contribution in [3.63, 3.8) is 0 Å². The zero-order valence-corrected chi connectivity index (χ0v) is 9.72. The summed E-state index contributed by atoms with van der Waals surface area (Å²) in [6.07, 6.45) is 2.87. The van der Waals surface area contributed by atoms with E-state index in [1.165, 1.54) is 18.2 Å². The van der Waals surface area contributed by atoms with Gasteiger partial charge in [0.25, 0.3) is 0 Å². The number of rotatable bonds is 3. The summed E-state index contributed by atoms with van der Waals surface area (Å²) in [6, 6.07) is 1.51. The Morgan fingerprint density at radius 3 is 3.13 bits per heavy atom. The van der Waals surface area contributed by atoms with E-state index in [0.717, 1.165) is 12.3 Å². The second kappa shape index (κ2) is 4.49. The van der Waals surface area contributed by atoms with Crippen molar-refractivity contribution < 1.29 is 9.90 Å². The zero-order chi connectivity index (χ0) is 10.8. The Balaban J connectivity index is 2.15. The van der Waals surface area contributed by atoms with Crippen LogP contribution in [0.5, 0.6) is 0 Å². The fourth-order valence-corrected chi connectivity index (χ4v) is 3.30. The van der Waals surface area contributed by atoms with Gasteiger partial charge in [-0.25, -0.2) is 4.79 Å². The lowest BCUT2D eigenvalue weighted by Crippen LogP contribution is -2.14. The first-order chi connectivity index (χ1) is 7.16. The molecule has 0 aromatic carbocycles. The number of hydrogen-bond acceptors (Lipinski definition) is 2. The molecule has 0 saturated carbocycles. The lowest BCUT2D eigenvalue weighted by atomic mass is 10.1. The largest absolute Gasteiger partial charge is 0.477 e. The summed E-state index contributed by atoms with van der Waals surface area (Å²) in [5, 5.41) is 9.47. The fourth-order valence-electron chi connectivity index (χ4n) is 1.81. The Morgan fingerprint density at radius 2 is 2.53 bits per heavy atom. The van der Waals surface area contributed by atoms with Crippen molar-refractivity contribution in [1.29, 1.82) is 0 Å². The summed E-state index contributed by atoms with van der Waals surface area (Å²) < 4.78 is 1.75. The molecule has 1 atom stereocenters. The van der Waals surface area contributed by atoms with Gasteiger partial charge >= 0.3 is 5.97 Å². The minimum atomic E-state index is -0.910. The zero-order valence-electron chi connectivity index (χ0n) is 8.15. The van der Waals surface area contributed by atoms with E-state index in [9.17, 15) is 4.79 Å². The second-order valence-electron chi connectivity index (χ2n) is 3.73. The van der Waals surface area contributed by atoms with Crippen LogP contribution < -0.4 is 0 Å². The van der Waals surface area contributed by atoms with Crippen molar-refractivity contribution in [3.8, 4) is 0 Å². The van der Waals surface area contributed by atoms with Gasteiger partial charge in [0.05, 0.1) is 5.02 Å². The van der Waals surface area contributed by atoms with Gasteiger partial charge in [0.1, 0.15) is 5.69 Å². The molecule has 1 N–H and O–H groups in total. The van der Waals surface area contributed by atoms with E-state index in [-0.39, 0.29) is 5.69 Å². The number of carbonyl (C=O) groups is 1. The third kappa shape index (κ3) is 2.49. The van der Waals surface area contributed by atoms with E-state index in [4.69, 9.17) is 16.7 Å². The molecule has 1 aliphatic rings. The van der Waals surface area contributed by atoms with E-state index in [2.05, 4.69) is 0 Å². The SMILES string of the molecule is O=C(O)c1cc(Cl)cn1CC1CCSC1. The molecule has 5 heteroatoms. The Kier molecular flexibility index (Phi) is 3.26. The number of thioether (sulfide) groups is 1. The molecule has 15 heavy (non-hydrogen) atoms. The van der Waals surface area contributed by atoms with Crippen LogP contribution in [0.15, 0.2) is 12.3 Å². The molecule has 82 valence electrons. The summed E-state index contributed by atoms with van der Waals surface area (Å²) in [6.45, 7) is 0.765. The van der Waals surface area contributed by atoms with Gasteiger partial charge in [-0.1, -0.05) is 11.6 Å². The molecule has 2 heterocycles. The molecule has 1 aromatic rings. The van der Waals surface area contributed by atoms with Crippen molar-refractivity contribution >= 4 is 29.3 Å². The number of carboxylic acids is 1. The van der Waals surface area contributed by atoms with Crippen molar-refractivity contribution in [2.24, 2.45) is 5.92 Å². The van der Waals surface area contributed by atoms with Crippen LogP contribution in [-0.2, 0) is 6.54 Å². The molecular formula is C10H12ClNO2S. The smallest absolute Gasteiger partial charge is 0.352 e. The highest BCUT2D eigenvalue weighted by molar-refractivity contribution is 7.99. The minimum Gasteiger partial charge on any atom is -0.477 e. The van der Waals surface area contributed by atoms with Crippen LogP contribution in [0.3, 0.4) is 0 Å². The third-order valence-electron chi connectivity index (χ3n) is 2.56. The normalized spacial score (nSPS) is 20.7. The van der Waals surface area contributed by atoms with E-state index < -0.39 is 5.97 Å². The molecule has 1 aromatic heterocycles. The van der Waals surface area contributed by atoms with Crippen LogP contribution >= 0.6 is 23.4 Å². The van der Waals surface area contributed by atoms with E-state index >= 15 is 0 Å². The van der Waals surface area contributed by atoms with Crippen LogP contribution in [0.25, 0.3) is 0 Å². The molecule has 0 amide bonds. The van der Waals surface area contributed by atoms with Crippen molar-refractivity contribution in [1.82, 2.24) is 4.57 Å². The van der Waals surface area contributed by atoms with E-state index in [1.807, 2.05) is 11.8 Å². The number of halogens is 1. The van der Waals surface area contributed by atoms with Gasteiger partial charge < -0.3 is 9.67 Å². The van der Waals surface area contributed by atoms with E-state index in [1.54, 1.807) is 10.8 Å². The number of aromatic nitrogens is 1. The highest BCUT2D eigenvalue weighted by atomic mass is 35.5. The first-order valence-electron chi connectivity index (χ1n) is 4.83. The van der Waals surface area contributed by atoms with Crippen molar-refractivity contribution in [3.05, 3.63) is 23.0 Å². The van der Waals surface area contributed by atoms with Gasteiger partial charge in [-0.05, 0) is 29.9 Å². The highest BCUT2D eigenvalue weighted by Crippen LogP contribution is 2.26. The summed E-state index contributed by atoms with van der Waals surface area (Å²) in [4.78, 5) is 10.9. The molecule has 1 unspecified atom stereocenters. The van der Waals surface area contributed by atoms with Gasteiger partial charge in [0.2, 0.25) is 0 Å². The molecule has 0 radical (unpaired) electrons. The summed E-state index contributed by atoms with van der Waals surface area (Å²) in [7, 11) is 0. The monoisotopic (exact) mass is 245 g/mol. The lowest BCUT2D eigenvalue weighted by molar-refractivity contribution is 0.0684. The number of hydrogen-bond donors (Lipinski definition) is 1. The highest BCUT2D eigenvalue weighted by Gasteiger charge is 2.19. The maximum atomic E-state index is 10.9. The Morgan fingerprint density at radius 1 is 1.73 bits per heavy atom. The third-order valence-corrected chi connectivity index (χ3v) is 4.00. The first-order valence-corrected chi connectivity index (χ1v) is 6.37. The number of aromatic carboxylic acids is 1. The fraction of sp³-hybridized carbons (Fsp3) is 0.500. The number of nitrogens with zero attached hydrogens (tertiary/aromatic N) is 1. The lowest BCUT2D eigenvalue weighted by Gasteiger charge is -2.11. The van der Waals surface area contributed by atoms with Crippen LogP contribution in [0.4, 0.5) is 0 Å². The second-order valence-corrected chi connectivity index (χ2v) is 5.32. The molecule has 0 spiro atoms. The molecule has 0 bridgehead atoms. The molecule has 1 saturated heterocycles. The molecule has 1 aliphatic heterocycles. The summed E-state index contributed by atoms with van der Waals surface area (Å²) >= 11 is 7.73. The average Bonchev–Trinajstić information content (AvgIpc) is 2.75. The maximum absolute atomic E-state index is 10.9. The van der Waals surface area contributed by atoms with E-state index in [0.29, 0.717) is 10.9 Å². The van der Waals surface area contributed by atoms with Gasteiger partial charge in [-0.15, -0.1) is 0 Å². The summed E-state index contributed by atoms with van der Waals surface area (Å²) in [5.74, 6) is 1.97.